The highest BCUT2D eigenvalue weighted by molar-refractivity contribution is 5.95. The summed E-state index contributed by atoms with van der Waals surface area (Å²) in [7, 11) is 0. The first-order valence-corrected chi connectivity index (χ1v) is 7.08. The number of nitrogens with one attached hydrogen (secondary N) is 1. The number of nitrogens with zero attached hydrogens (tertiary/aromatic N) is 1. The fourth-order valence-corrected chi connectivity index (χ4v) is 2.17. The van der Waals surface area contributed by atoms with Crippen molar-refractivity contribution in [1.29, 1.82) is 0 Å². The number of hydrogen-bond donors (Lipinski definition) is 2. The monoisotopic (exact) mass is 306 g/mol. The van der Waals surface area contributed by atoms with Crippen LogP contribution in [0.2, 0.25) is 0 Å². The van der Waals surface area contributed by atoms with Crippen molar-refractivity contribution in [3.05, 3.63) is 24.3 Å². The molecule has 0 aromatic heterocycles. The fraction of sp³-hybridized carbons (Fsp3) is 0.400. The molecule has 2 N–H and O–H groups in total. The van der Waals surface area contributed by atoms with Gasteiger partial charge in [-0.05, 0) is 18.6 Å². The van der Waals surface area contributed by atoms with Crippen molar-refractivity contribution in [1.82, 2.24) is 5.32 Å². The van der Waals surface area contributed by atoms with Crippen LogP contribution in [0.3, 0.4) is 0 Å². The molecule has 7 nitrogen and oxygen atoms in total. The molecule has 2 amide bonds. The quantitative estimate of drug-likeness (QED) is 0.776. The summed E-state index contributed by atoms with van der Waals surface area (Å²) in [6.07, 6.45) is 1.27. The first kappa shape index (κ1) is 15.8. The minimum absolute atomic E-state index is 0.0693. The lowest BCUT2D eigenvalue weighted by atomic mass is 10.3. The topological polar surface area (TPSA) is 95.9 Å². The van der Waals surface area contributed by atoms with Gasteiger partial charge in [-0.25, -0.2) is 0 Å². The summed E-state index contributed by atoms with van der Waals surface area (Å²) in [6, 6.07) is 7.00. The van der Waals surface area contributed by atoms with Gasteiger partial charge in [0, 0.05) is 31.3 Å². The van der Waals surface area contributed by atoms with Crippen LogP contribution in [0.25, 0.3) is 0 Å². The van der Waals surface area contributed by atoms with Crippen molar-refractivity contribution in [3.8, 4) is 5.75 Å². The molecule has 1 saturated heterocycles. The molecule has 22 heavy (non-hydrogen) atoms. The smallest absolute Gasteiger partial charge is 0.305 e. The van der Waals surface area contributed by atoms with Gasteiger partial charge in [-0.3, -0.25) is 14.4 Å². The number of ether oxygens (including phenoxy) is 1. The Morgan fingerprint density at radius 1 is 1.36 bits per heavy atom. The van der Waals surface area contributed by atoms with Gasteiger partial charge in [0.05, 0.1) is 6.42 Å². The second-order valence-corrected chi connectivity index (χ2v) is 4.93. The highest BCUT2D eigenvalue weighted by Gasteiger charge is 2.21. The van der Waals surface area contributed by atoms with E-state index in [2.05, 4.69) is 5.32 Å². The third-order valence-electron chi connectivity index (χ3n) is 3.23. The summed E-state index contributed by atoms with van der Waals surface area (Å²) in [5, 5.41) is 10.9. The van der Waals surface area contributed by atoms with Crippen LogP contribution in [-0.4, -0.2) is 42.6 Å². The highest BCUT2D eigenvalue weighted by Crippen LogP contribution is 2.25. The Morgan fingerprint density at radius 2 is 2.18 bits per heavy atom. The van der Waals surface area contributed by atoms with Crippen molar-refractivity contribution in [2.75, 3.05) is 24.6 Å². The number of amides is 2. The van der Waals surface area contributed by atoms with Crippen molar-refractivity contribution < 1.29 is 24.2 Å². The van der Waals surface area contributed by atoms with E-state index in [4.69, 9.17) is 9.84 Å². The predicted octanol–water partition coefficient (Wildman–Crippen LogP) is 0.783. The van der Waals surface area contributed by atoms with E-state index in [1.807, 2.05) is 6.07 Å². The molecular formula is C15H18N2O5. The molecule has 0 radical (unpaired) electrons. The maximum atomic E-state index is 11.7. The summed E-state index contributed by atoms with van der Waals surface area (Å²) in [6.45, 7) is 0.564. The van der Waals surface area contributed by atoms with Crippen molar-refractivity contribution in [3.63, 3.8) is 0 Å². The molecule has 118 valence electrons. The number of aliphatic carboxylic acids is 1. The highest BCUT2D eigenvalue weighted by atomic mass is 16.5. The van der Waals surface area contributed by atoms with Gasteiger partial charge in [0.2, 0.25) is 5.91 Å². The van der Waals surface area contributed by atoms with E-state index in [0.717, 1.165) is 12.1 Å². The lowest BCUT2D eigenvalue weighted by molar-refractivity contribution is -0.137. The summed E-state index contributed by atoms with van der Waals surface area (Å²) >= 11 is 0. The van der Waals surface area contributed by atoms with Crippen LogP contribution in [0.5, 0.6) is 5.75 Å². The number of carboxylic acids is 1. The standard InChI is InChI=1S/C15H18N2O5/c18-13(16-7-6-15(20)21)10-22-12-4-1-3-11(9-12)17-8-2-5-14(17)19/h1,3-4,9H,2,5-8,10H2,(H,16,18)(H,20,21). The van der Waals surface area contributed by atoms with E-state index in [1.54, 1.807) is 23.1 Å². The Balaban J connectivity index is 1.84. The Kier molecular flexibility index (Phi) is 5.35. The zero-order valence-corrected chi connectivity index (χ0v) is 12.1. The van der Waals surface area contributed by atoms with E-state index in [1.165, 1.54) is 0 Å². The molecule has 7 heteroatoms. The van der Waals surface area contributed by atoms with Crippen LogP contribution in [0.15, 0.2) is 24.3 Å². The van der Waals surface area contributed by atoms with Crippen LogP contribution in [0.1, 0.15) is 19.3 Å². The zero-order chi connectivity index (χ0) is 15.9. The number of carbonyl (C=O) groups excluding carboxylic acids is 2. The average Bonchev–Trinajstić information content (AvgIpc) is 2.91. The van der Waals surface area contributed by atoms with E-state index in [-0.39, 0.29) is 31.4 Å². The number of carbonyl (C=O) groups is 3. The van der Waals surface area contributed by atoms with Crippen LogP contribution < -0.4 is 15.0 Å². The molecule has 1 fully saturated rings. The molecule has 0 saturated carbocycles. The molecule has 0 atom stereocenters. The Labute approximate surface area is 127 Å². The molecule has 1 aromatic carbocycles. The minimum Gasteiger partial charge on any atom is -0.484 e. The summed E-state index contributed by atoms with van der Waals surface area (Å²) in [4.78, 5) is 35.2. The summed E-state index contributed by atoms with van der Waals surface area (Å²) < 4.78 is 5.36. The van der Waals surface area contributed by atoms with Gasteiger partial charge in [0.1, 0.15) is 5.75 Å². The zero-order valence-electron chi connectivity index (χ0n) is 12.1. The second kappa shape index (κ2) is 7.44. The first-order chi connectivity index (χ1) is 10.6. The molecule has 2 rings (SSSR count). The van der Waals surface area contributed by atoms with Gasteiger partial charge in [0.15, 0.2) is 6.61 Å². The van der Waals surface area contributed by atoms with E-state index in [0.29, 0.717) is 18.7 Å². The van der Waals surface area contributed by atoms with E-state index < -0.39 is 5.97 Å². The maximum Gasteiger partial charge on any atom is 0.305 e. The van der Waals surface area contributed by atoms with Gasteiger partial charge < -0.3 is 20.1 Å². The normalized spacial score (nSPS) is 14.0. The minimum atomic E-state index is -0.968. The number of hydrogen-bond acceptors (Lipinski definition) is 4. The Bertz CT molecular complexity index is 573. The van der Waals surface area contributed by atoms with Crippen molar-refractivity contribution >= 4 is 23.5 Å². The second-order valence-electron chi connectivity index (χ2n) is 4.93. The van der Waals surface area contributed by atoms with Gasteiger partial charge >= 0.3 is 5.97 Å². The molecule has 1 aromatic rings. The molecule has 0 spiro atoms. The third kappa shape index (κ3) is 4.47. The maximum absolute atomic E-state index is 11.7. The van der Waals surface area contributed by atoms with Crippen molar-refractivity contribution in [2.45, 2.75) is 19.3 Å². The molecule has 1 aliphatic rings. The molecule has 1 aliphatic heterocycles. The Morgan fingerprint density at radius 3 is 2.86 bits per heavy atom. The summed E-state index contributed by atoms with van der Waals surface area (Å²) in [5.41, 5.74) is 0.756. The lowest BCUT2D eigenvalue weighted by Crippen LogP contribution is -2.30. The van der Waals surface area contributed by atoms with Gasteiger partial charge in [-0.2, -0.15) is 0 Å². The van der Waals surface area contributed by atoms with Gasteiger partial charge in [-0.15, -0.1) is 0 Å². The largest absolute Gasteiger partial charge is 0.484 e. The van der Waals surface area contributed by atoms with Crippen LogP contribution >= 0.6 is 0 Å². The average molecular weight is 306 g/mol. The van der Waals surface area contributed by atoms with Crippen LogP contribution in [0.4, 0.5) is 5.69 Å². The van der Waals surface area contributed by atoms with Crippen LogP contribution in [0, 0.1) is 0 Å². The molecule has 0 unspecified atom stereocenters. The summed E-state index contributed by atoms with van der Waals surface area (Å²) in [5.74, 6) is -0.776. The third-order valence-corrected chi connectivity index (χ3v) is 3.23. The molecular weight excluding hydrogens is 288 g/mol. The number of rotatable bonds is 7. The van der Waals surface area contributed by atoms with E-state index >= 15 is 0 Å². The lowest BCUT2D eigenvalue weighted by Gasteiger charge is -2.16. The molecule has 0 bridgehead atoms. The Hall–Kier alpha value is -2.57. The number of carboxylic acid groups (broad SMARTS) is 1. The molecule has 0 aliphatic carbocycles. The van der Waals surface area contributed by atoms with E-state index in [9.17, 15) is 14.4 Å². The predicted molar refractivity (Wildman–Crippen MR) is 78.8 cm³/mol. The van der Waals surface area contributed by atoms with Gasteiger partial charge in [0.25, 0.3) is 5.91 Å². The molecule has 1 heterocycles. The number of benzene rings is 1. The first-order valence-electron chi connectivity index (χ1n) is 7.08. The fourth-order valence-electron chi connectivity index (χ4n) is 2.17. The SMILES string of the molecule is O=C(O)CCNC(=O)COc1cccc(N2CCCC2=O)c1. The van der Waals surface area contributed by atoms with Gasteiger partial charge in [-0.1, -0.05) is 6.07 Å². The van der Waals surface area contributed by atoms with Crippen molar-refractivity contribution in [2.24, 2.45) is 0 Å². The van der Waals surface area contributed by atoms with Crippen LogP contribution in [-0.2, 0) is 14.4 Å². The number of anilines is 1.